The molecule has 0 aliphatic heterocycles. The summed E-state index contributed by atoms with van der Waals surface area (Å²) < 4.78 is 5.27. The number of carbonyl (C=O) groups excluding carboxylic acids is 1. The second kappa shape index (κ2) is 5.12. The van der Waals surface area contributed by atoms with Crippen LogP contribution in [0.3, 0.4) is 0 Å². The van der Waals surface area contributed by atoms with Gasteiger partial charge in [-0.1, -0.05) is 0 Å². The number of nitrogens with one attached hydrogen (secondary N) is 2. The summed E-state index contributed by atoms with van der Waals surface area (Å²) in [6, 6.07) is 0. The smallest absolute Gasteiger partial charge is 0.233 e. The first-order valence-electron chi connectivity index (χ1n) is 5.63. The zero-order valence-electron chi connectivity index (χ0n) is 9.45. The van der Waals surface area contributed by atoms with Crippen molar-refractivity contribution >= 4 is 5.91 Å². The van der Waals surface area contributed by atoms with Gasteiger partial charge in [0.1, 0.15) is 5.76 Å². The molecular formula is C11H17N3O2. The summed E-state index contributed by atoms with van der Waals surface area (Å²) in [6.07, 6.45) is 4.18. The van der Waals surface area contributed by atoms with E-state index in [9.17, 15) is 4.79 Å². The Morgan fingerprint density at radius 2 is 2.44 bits per heavy atom. The van der Waals surface area contributed by atoms with Crippen molar-refractivity contribution in [3.63, 3.8) is 0 Å². The molecule has 0 bridgehead atoms. The minimum Gasteiger partial charge on any atom is -0.445 e. The highest BCUT2D eigenvalue weighted by Gasteiger charge is 2.21. The van der Waals surface area contributed by atoms with Crippen LogP contribution < -0.4 is 10.6 Å². The Morgan fingerprint density at radius 1 is 1.62 bits per heavy atom. The number of aryl methyl sites for hydroxylation is 1. The fraction of sp³-hybridized carbons (Fsp3) is 0.636. The standard InChI is InChI=1S/C11H17N3O2/c1-8-4-14-11(16-8)7-12-6-10(15)13-5-9-2-3-9/h4,9,12H,2-3,5-7H2,1H3,(H,13,15). The van der Waals surface area contributed by atoms with E-state index in [1.165, 1.54) is 12.8 Å². The number of aromatic nitrogens is 1. The molecule has 1 fully saturated rings. The summed E-state index contributed by atoms with van der Waals surface area (Å²) in [6.45, 7) is 3.47. The van der Waals surface area contributed by atoms with Gasteiger partial charge in [-0.25, -0.2) is 4.98 Å². The third kappa shape index (κ3) is 3.66. The normalized spacial score (nSPS) is 15.1. The van der Waals surface area contributed by atoms with Crippen LogP contribution in [0.25, 0.3) is 0 Å². The van der Waals surface area contributed by atoms with Crippen LogP contribution in [0.2, 0.25) is 0 Å². The topological polar surface area (TPSA) is 67.2 Å². The van der Waals surface area contributed by atoms with E-state index in [2.05, 4.69) is 15.6 Å². The van der Waals surface area contributed by atoms with Gasteiger partial charge in [-0.05, 0) is 25.7 Å². The van der Waals surface area contributed by atoms with E-state index in [0.29, 0.717) is 19.0 Å². The lowest BCUT2D eigenvalue weighted by Gasteiger charge is -2.04. The van der Waals surface area contributed by atoms with Gasteiger partial charge in [0.25, 0.3) is 0 Å². The second-order valence-corrected chi connectivity index (χ2v) is 4.22. The van der Waals surface area contributed by atoms with Crippen LogP contribution in [0, 0.1) is 12.8 Å². The van der Waals surface area contributed by atoms with Crippen molar-refractivity contribution in [1.29, 1.82) is 0 Å². The number of oxazole rings is 1. The lowest BCUT2D eigenvalue weighted by molar-refractivity contribution is -0.120. The molecule has 16 heavy (non-hydrogen) atoms. The average Bonchev–Trinajstić information content (AvgIpc) is 2.99. The SMILES string of the molecule is Cc1cnc(CNCC(=O)NCC2CC2)o1. The largest absolute Gasteiger partial charge is 0.445 e. The van der Waals surface area contributed by atoms with E-state index in [1.807, 2.05) is 6.92 Å². The van der Waals surface area contributed by atoms with Crippen LogP contribution in [0.1, 0.15) is 24.5 Å². The monoisotopic (exact) mass is 223 g/mol. The highest BCUT2D eigenvalue weighted by Crippen LogP contribution is 2.27. The number of amides is 1. The molecule has 0 saturated heterocycles. The number of carbonyl (C=O) groups is 1. The van der Waals surface area contributed by atoms with E-state index in [4.69, 9.17) is 4.42 Å². The molecule has 1 aliphatic carbocycles. The van der Waals surface area contributed by atoms with Crippen molar-refractivity contribution in [3.8, 4) is 0 Å². The molecule has 0 atom stereocenters. The van der Waals surface area contributed by atoms with E-state index in [-0.39, 0.29) is 5.91 Å². The first-order chi connectivity index (χ1) is 7.74. The van der Waals surface area contributed by atoms with Gasteiger partial charge in [0, 0.05) is 6.54 Å². The van der Waals surface area contributed by atoms with Gasteiger partial charge < -0.3 is 9.73 Å². The Morgan fingerprint density at radius 3 is 3.06 bits per heavy atom. The Kier molecular flexibility index (Phi) is 3.56. The van der Waals surface area contributed by atoms with E-state index in [0.717, 1.165) is 18.2 Å². The summed E-state index contributed by atoms with van der Waals surface area (Å²) in [5.41, 5.74) is 0. The summed E-state index contributed by atoms with van der Waals surface area (Å²) in [5, 5.41) is 5.87. The molecule has 5 nitrogen and oxygen atoms in total. The molecule has 1 aromatic heterocycles. The second-order valence-electron chi connectivity index (χ2n) is 4.22. The summed E-state index contributed by atoms with van der Waals surface area (Å²) in [4.78, 5) is 15.4. The molecule has 1 amide bonds. The Labute approximate surface area is 94.6 Å². The number of hydrogen-bond donors (Lipinski definition) is 2. The molecule has 0 unspecified atom stereocenters. The highest BCUT2D eigenvalue weighted by molar-refractivity contribution is 5.77. The van der Waals surface area contributed by atoms with Crippen molar-refractivity contribution in [3.05, 3.63) is 17.8 Å². The van der Waals surface area contributed by atoms with E-state index >= 15 is 0 Å². The first kappa shape index (κ1) is 11.1. The van der Waals surface area contributed by atoms with Gasteiger partial charge in [0.05, 0.1) is 19.3 Å². The van der Waals surface area contributed by atoms with Crippen LogP contribution in [0.5, 0.6) is 0 Å². The van der Waals surface area contributed by atoms with Gasteiger partial charge in [0.15, 0.2) is 0 Å². The predicted octanol–water partition coefficient (Wildman–Crippen LogP) is 0.599. The molecule has 1 aromatic rings. The minimum absolute atomic E-state index is 0.0372. The third-order valence-electron chi connectivity index (χ3n) is 2.52. The first-order valence-corrected chi connectivity index (χ1v) is 5.63. The zero-order chi connectivity index (χ0) is 11.4. The number of nitrogens with zero attached hydrogens (tertiary/aromatic N) is 1. The zero-order valence-corrected chi connectivity index (χ0v) is 9.45. The van der Waals surface area contributed by atoms with Crippen LogP contribution in [0.4, 0.5) is 0 Å². The van der Waals surface area contributed by atoms with E-state index < -0.39 is 0 Å². The summed E-state index contributed by atoms with van der Waals surface area (Å²) in [5.74, 6) is 2.16. The molecule has 88 valence electrons. The van der Waals surface area contributed by atoms with Crippen molar-refractivity contribution in [2.75, 3.05) is 13.1 Å². The van der Waals surface area contributed by atoms with Gasteiger partial charge in [-0.2, -0.15) is 0 Å². The molecule has 0 radical (unpaired) electrons. The predicted molar refractivity (Wildman–Crippen MR) is 58.7 cm³/mol. The highest BCUT2D eigenvalue weighted by atomic mass is 16.4. The summed E-state index contributed by atoms with van der Waals surface area (Å²) in [7, 11) is 0. The third-order valence-corrected chi connectivity index (χ3v) is 2.52. The van der Waals surface area contributed by atoms with Crippen LogP contribution in [-0.2, 0) is 11.3 Å². The Hall–Kier alpha value is -1.36. The lowest BCUT2D eigenvalue weighted by Crippen LogP contribution is -2.34. The van der Waals surface area contributed by atoms with Crippen molar-refractivity contribution in [2.45, 2.75) is 26.3 Å². The minimum atomic E-state index is 0.0372. The molecule has 5 heteroatoms. The molecule has 1 heterocycles. The van der Waals surface area contributed by atoms with Crippen LogP contribution in [-0.4, -0.2) is 24.0 Å². The van der Waals surface area contributed by atoms with Crippen molar-refractivity contribution in [2.24, 2.45) is 5.92 Å². The molecule has 0 aromatic carbocycles. The van der Waals surface area contributed by atoms with Crippen LogP contribution in [0.15, 0.2) is 10.6 Å². The maximum absolute atomic E-state index is 11.3. The van der Waals surface area contributed by atoms with Crippen molar-refractivity contribution in [1.82, 2.24) is 15.6 Å². The van der Waals surface area contributed by atoms with Crippen molar-refractivity contribution < 1.29 is 9.21 Å². The number of rotatable bonds is 6. The van der Waals surface area contributed by atoms with Gasteiger partial charge in [-0.3, -0.25) is 10.1 Å². The fourth-order valence-corrected chi connectivity index (χ4v) is 1.41. The molecular weight excluding hydrogens is 206 g/mol. The maximum atomic E-state index is 11.3. The van der Waals surface area contributed by atoms with Gasteiger partial charge in [-0.15, -0.1) is 0 Å². The molecule has 2 rings (SSSR count). The van der Waals surface area contributed by atoms with E-state index in [1.54, 1.807) is 6.20 Å². The fourth-order valence-electron chi connectivity index (χ4n) is 1.41. The van der Waals surface area contributed by atoms with Gasteiger partial charge >= 0.3 is 0 Å². The molecule has 1 saturated carbocycles. The molecule has 1 aliphatic rings. The quantitative estimate of drug-likeness (QED) is 0.741. The maximum Gasteiger partial charge on any atom is 0.233 e. The average molecular weight is 223 g/mol. The summed E-state index contributed by atoms with van der Waals surface area (Å²) >= 11 is 0. The molecule has 2 N–H and O–H groups in total. The Bertz CT molecular complexity index is 358. The Balaban J connectivity index is 1.57. The van der Waals surface area contributed by atoms with Crippen LogP contribution >= 0.6 is 0 Å². The molecule has 0 spiro atoms. The number of hydrogen-bond acceptors (Lipinski definition) is 4. The lowest BCUT2D eigenvalue weighted by atomic mass is 10.4. The van der Waals surface area contributed by atoms with Gasteiger partial charge in [0.2, 0.25) is 11.8 Å².